The molecule has 1 aromatic rings. The van der Waals surface area contributed by atoms with Crippen LogP contribution in [0.1, 0.15) is 26.3 Å². The minimum Gasteiger partial charge on any atom is -0.324 e. The summed E-state index contributed by atoms with van der Waals surface area (Å²) in [4.78, 5) is 14.2. The molecule has 126 valence electrons. The molecule has 1 rings (SSSR count). The van der Waals surface area contributed by atoms with Crippen molar-refractivity contribution in [3.63, 3.8) is 0 Å². The highest BCUT2D eigenvalue weighted by molar-refractivity contribution is 7.72. The van der Waals surface area contributed by atoms with Gasteiger partial charge in [-0.2, -0.15) is 0 Å². The average molecular weight is 351 g/mol. The highest BCUT2D eigenvalue weighted by atomic mass is 31.2. The van der Waals surface area contributed by atoms with Gasteiger partial charge in [-0.1, -0.05) is 6.07 Å². The van der Waals surface area contributed by atoms with Gasteiger partial charge in [0.15, 0.2) is 5.40 Å². The SMILES string of the molecule is CCOP(=O)(O)C(Cc1cccnc1)P(=O)(OCC)OCC. The molecule has 0 aromatic carbocycles. The number of hydrogen-bond donors (Lipinski definition) is 1. The third-order valence-electron chi connectivity index (χ3n) is 2.81. The lowest BCUT2D eigenvalue weighted by Gasteiger charge is -2.28. The van der Waals surface area contributed by atoms with E-state index in [4.69, 9.17) is 13.6 Å². The summed E-state index contributed by atoms with van der Waals surface area (Å²) in [5.74, 6) is 0. The van der Waals surface area contributed by atoms with E-state index < -0.39 is 20.6 Å². The Kier molecular flexibility index (Phi) is 7.90. The number of rotatable bonds is 10. The molecule has 9 heteroatoms. The fourth-order valence-electron chi connectivity index (χ4n) is 1.98. The zero-order valence-corrected chi connectivity index (χ0v) is 14.8. The molecule has 0 fully saturated rings. The minimum atomic E-state index is -4.19. The average Bonchev–Trinajstić information content (AvgIpc) is 2.46. The van der Waals surface area contributed by atoms with Crippen LogP contribution in [0.2, 0.25) is 0 Å². The van der Waals surface area contributed by atoms with Crippen LogP contribution in [-0.4, -0.2) is 35.1 Å². The summed E-state index contributed by atoms with van der Waals surface area (Å²) in [6, 6.07) is 3.43. The van der Waals surface area contributed by atoms with Gasteiger partial charge in [0, 0.05) is 12.4 Å². The monoisotopic (exact) mass is 351 g/mol. The molecule has 0 aliphatic rings. The van der Waals surface area contributed by atoms with Gasteiger partial charge in [0.2, 0.25) is 0 Å². The minimum absolute atomic E-state index is 0.0128. The first-order valence-corrected chi connectivity index (χ1v) is 10.4. The lowest BCUT2D eigenvalue weighted by molar-refractivity contribution is 0.209. The quantitative estimate of drug-likeness (QED) is 0.645. The van der Waals surface area contributed by atoms with Crippen LogP contribution in [0.15, 0.2) is 24.5 Å². The number of nitrogens with zero attached hydrogens (tertiary/aromatic N) is 1. The summed E-state index contributed by atoms with van der Waals surface area (Å²) in [5.41, 5.74) is 0.654. The van der Waals surface area contributed by atoms with Crippen LogP contribution in [0.5, 0.6) is 0 Å². The fourth-order valence-corrected chi connectivity index (χ4v) is 6.56. The molecular formula is C13H23NO6P2. The van der Waals surface area contributed by atoms with E-state index in [1.54, 1.807) is 45.3 Å². The third kappa shape index (κ3) is 5.27. The van der Waals surface area contributed by atoms with Gasteiger partial charge < -0.3 is 18.5 Å². The van der Waals surface area contributed by atoms with Crippen molar-refractivity contribution >= 4 is 15.2 Å². The lowest BCUT2D eigenvalue weighted by Crippen LogP contribution is -2.18. The first kappa shape index (κ1) is 19.5. The van der Waals surface area contributed by atoms with Crippen LogP contribution >= 0.6 is 15.2 Å². The number of hydrogen-bond acceptors (Lipinski definition) is 6. The van der Waals surface area contributed by atoms with Crippen molar-refractivity contribution in [3.05, 3.63) is 30.1 Å². The number of pyridine rings is 1. The molecule has 0 amide bonds. The van der Waals surface area contributed by atoms with E-state index in [9.17, 15) is 14.0 Å². The fraction of sp³-hybridized carbons (Fsp3) is 0.615. The van der Waals surface area contributed by atoms with Crippen LogP contribution in [0, 0.1) is 0 Å². The first-order chi connectivity index (χ1) is 10.4. The highest BCUT2D eigenvalue weighted by Gasteiger charge is 2.48. The molecule has 1 heterocycles. The molecule has 22 heavy (non-hydrogen) atoms. The van der Waals surface area contributed by atoms with Crippen LogP contribution < -0.4 is 0 Å². The van der Waals surface area contributed by atoms with E-state index in [-0.39, 0.29) is 26.2 Å². The van der Waals surface area contributed by atoms with Crippen molar-refractivity contribution in [2.45, 2.75) is 32.6 Å². The number of aromatic nitrogens is 1. The topological polar surface area (TPSA) is 95.0 Å². The molecule has 0 radical (unpaired) electrons. The molecule has 1 aromatic heterocycles. The maximum atomic E-state index is 13.0. The van der Waals surface area contributed by atoms with E-state index in [1.165, 1.54) is 0 Å². The second-order valence-corrected chi connectivity index (χ2v) is 9.04. The zero-order valence-electron chi connectivity index (χ0n) is 13.0. The van der Waals surface area contributed by atoms with Gasteiger partial charge in [0.05, 0.1) is 19.8 Å². The molecule has 7 nitrogen and oxygen atoms in total. The largest absolute Gasteiger partial charge is 0.346 e. The predicted molar refractivity (Wildman–Crippen MR) is 84.0 cm³/mol. The molecule has 0 spiro atoms. The first-order valence-electron chi connectivity index (χ1n) is 7.14. The summed E-state index contributed by atoms with van der Waals surface area (Å²) < 4.78 is 40.9. The van der Waals surface area contributed by atoms with Crippen molar-refractivity contribution in [2.75, 3.05) is 19.8 Å². The Bertz CT molecular complexity index is 529. The van der Waals surface area contributed by atoms with Gasteiger partial charge in [-0.25, -0.2) is 0 Å². The summed E-state index contributed by atoms with van der Waals surface area (Å²) in [5, 5.41) is -1.29. The molecule has 0 bridgehead atoms. The van der Waals surface area contributed by atoms with E-state index >= 15 is 0 Å². The molecule has 0 aliphatic heterocycles. The maximum absolute atomic E-state index is 13.0. The zero-order chi connectivity index (χ0) is 16.6. The molecule has 2 unspecified atom stereocenters. The van der Waals surface area contributed by atoms with Crippen LogP contribution in [0.3, 0.4) is 0 Å². The van der Waals surface area contributed by atoms with Crippen molar-refractivity contribution in [1.82, 2.24) is 4.98 Å². The van der Waals surface area contributed by atoms with Crippen LogP contribution in [0.25, 0.3) is 0 Å². The predicted octanol–water partition coefficient (Wildman–Crippen LogP) is 3.44. The standard InChI is InChI=1S/C13H23NO6P2/c1-4-18-21(15,16)13(10-12-8-7-9-14-11-12)22(17,19-5-2)20-6-3/h7-9,11,13H,4-6,10H2,1-3H3,(H,15,16). The highest BCUT2D eigenvalue weighted by Crippen LogP contribution is 2.68. The van der Waals surface area contributed by atoms with Crippen molar-refractivity contribution < 1.29 is 27.6 Å². The van der Waals surface area contributed by atoms with Gasteiger partial charge in [0.1, 0.15) is 0 Å². The van der Waals surface area contributed by atoms with Crippen molar-refractivity contribution in [2.24, 2.45) is 0 Å². The second-order valence-electron chi connectivity index (χ2n) is 4.40. The Morgan fingerprint density at radius 1 is 1.14 bits per heavy atom. The van der Waals surface area contributed by atoms with Crippen molar-refractivity contribution in [1.29, 1.82) is 0 Å². The Balaban J connectivity index is 3.20. The summed E-state index contributed by atoms with van der Waals surface area (Å²) in [7, 11) is -8.00. The van der Waals surface area contributed by atoms with Gasteiger partial charge >= 0.3 is 15.2 Å². The van der Waals surface area contributed by atoms with E-state index in [1.807, 2.05) is 0 Å². The summed E-state index contributed by atoms with van der Waals surface area (Å²) in [6.07, 6.45) is 3.14. The molecular weight excluding hydrogens is 328 g/mol. The normalized spacial score (nSPS) is 16.2. The van der Waals surface area contributed by atoms with Gasteiger partial charge in [-0.05, 0) is 38.8 Å². The third-order valence-corrected chi connectivity index (χ3v) is 8.25. The lowest BCUT2D eigenvalue weighted by atomic mass is 10.2. The Morgan fingerprint density at radius 2 is 1.73 bits per heavy atom. The van der Waals surface area contributed by atoms with E-state index in [2.05, 4.69) is 4.98 Å². The smallest absolute Gasteiger partial charge is 0.324 e. The molecule has 0 saturated carbocycles. The second kappa shape index (κ2) is 8.92. The Morgan fingerprint density at radius 3 is 2.18 bits per heavy atom. The summed E-state index contributed by atoms with van der Waals surface area (Å²) in [6.45, 7) is 5.12. The Labute approximate surface area is 131 Å². The van der Waals surface area contributed by atoms with Gasteiger partial charge in [-0.15, -0.1) is 0 Å². The molecule has 1 N–H and O–H groups in total. The summed E-state index contributed by atoms with van der Waals surface area (Å²) >= 11 is 0. The Hall–Kier alpha value is -0.550. The maximum Gasteiger partial charge on any atom is 0.346 e. The van der Waals surface area contributed by atoms with Gasteiger partial charge in [0.25, 0.3) is 0 Å². The van der Waals surface area contributed by atoms with Crippen LogP contribution in [0.4, 0.5) is 0 Å². The molecule has 0 aliphatic carbocycles. The van der Waals surface area contributed by atoms with Crippen LogP contribution in [-0.2, 0) is 29.1 Å². The van der Waals surface area contributed by atoms with Crippen molar-refractivity contribution in [3.8, 4) is 0 Å². The molecule has 0 saturated heterocycles. The van der Waals surface area contributed by atoms with E-state index in [0.29, 0.717) is 5.56 Å². The van der Waals surface area contributed by atoms with Gasteiger partial charge in [-0.3, -0.25) is 14.1 Å². The molecule has 2 atom stereocenters. The van der Waals surface area contributed by atoms with E-state index in [0.717, 1.165) is 0 Å².